The van der Waals surface area contributed by atoms with E-state index in [1.807, 2.05) is 6.20 Å². The largest absolute Gasteiger partial charge is 0.474 e. The highest BCUT2D eigenvalue weighted by molar-refractivity contribution is 7.16. The van der Waals surface area contributed by atoms with Crippen LogP contribution in [0.5, 0.6) is 5.88 Å². The number of aromatic nitrogens is 1. The molecule has 0 radical (unpaired) electrons. The molecule has 0 aliphatic heterocycles. The molecule has 0 saturated heterocycles. The Morgan fingerprint density at radius 1 is 1.32 bits per heavy atom. The molecular weight excluding hydrogens is 316 g/mol. The summed E-state index contributed by atoms with van der Waals surface area (Å²) < 4.78 is 6.77. The summed E-state index contributed by atoms with van der Waals surface area (Å²) in [6.07, 6.45) is 8.11. The molecule has 116 valence electrons. The van der Waals surface area contributed by atoms with Gasteiger partial charge < -0.3 is 10.1 Å². The monoisotopic (exact) mass is 334 g/mol. The van der Waals surface area contributed by atoms with Crippen LogP contribution in [0.4, 0.5) is 0 Å². The van der Waals surface area contributed by atoms with Crippen molar-refractivity contribution in [3.05, 3.63) is 44.7 Å². The number of halogens is 1. The first-order valence-electron chi connectivity index (χ1n) is 7.91. The molecule has 0 amide bonds. The number of pyridine rings is 1. The van der Waals surface area contributed by atoms with Crippen molar-refractivity contribution < 1.29 is 4.74 Å². The number of nitrogens with one attached hydrogen (secondary N) is 1. The number of thiophene rings is 1. The van der Waals surface area contributed by atoms with Gasteiger partial charge in [-0.2, -0.15) is 0 Å². The average molecular weight is 335 g/mol. The van der Waals surface area contributed by atoms with E-state index in [4.69, 9.17) is 16.3 Å². The van der Waals surface area contributed by atoms with E-state index in [1.165, 1.54) is 22.4 Å². The molecule has 1 saturated carbocycles. The first-order chi connectivity index (χ1) is 10.8. The zero-order valence-electron chi connectivity index (χ0n) is 12.3. The fraction of sp³-hybridized carbons (Fsp3) is 0.471. The zero-order valence-corrected chi connectivity index (χ0v) is 13.9. The van der Waals surface area contributed by atoms with Gasteiger partial charge in [-0.3, -0.25) is 0 Å². The SMILES string of the molecule is Clc1cc2c(s1)CC[C@@H]2NCc1ccnc(OC2CCC2)c1. The van der Waals surface area contributed by atoms with E-state index < -0.39 is 0 Å². The van der Waals surface area contributed by atoms with E-state index in [-0.39, 0.29) is 0 Å². The summed E-state index contributed by atoms with van der Waals surface area (Å²) in [6.45, 7) is 0.834. The van der Waals surface area contributed by atoms with Crippen molar-refractivity contribution in [2.24, 2.45) is 0 Å². The maximum absolute atomic E-state index is 6.12. The second-order valence-corrected chi connectivity index (χ2v) is 7.84. The van der Waals surface area contributed by atoms with Gasteiger partial charge in [-0.25, -0.2) is 4.98 Å². The van der Waals surface area contributed by atoms with Crippen LogP contribution >= 0.6 is 22.9 Å². The number of hydrogen-bond donors (Lipinski definition) is 1. The van der Waals surface area contributed by atoms with Gasteiger partial charge in [0.15, 0.2) is 0 Å². The van der Waals surface area contributed by atoms with E-state index in [0.717, 1.165) is 42.4 Å². The van der Waals surface area contributed by atoms with Crippen LogP contribution in [0.2, 0.25) is 4.34 Å². The Kier molecular flexibility index (Phi) is 4.07. The topological polar surface area (TPSA) is 34.2 Å². The summed E-state index contributed by atoms with van der Waals surface area (Å²) in [6, 6.07) is 6.64. The van der Waals surface area contributed by atoms with Gasteiger partial charge in [0.1, 0.15) is 6.10 Å². The standard InChI is InChI=1S/C17H19ClN2OS/c18-16-9-13-14(4-5-15(13)22-16)20-10-11-6-7-19-17(8-11)21-12-2-1-3-12/h6-9,12,14,20H,1-5,10H2/t14-/m0/s1. The predicted molar refractivity (Wildman–Crippen MR) is 89.7 cm³/mol. The van der Waals surface area contributed by atoms with Crippen LogP contribution in [0.1, 0.15) is 47.7 Å². The lowest BCUT2D eigenvalue weighted by atomic mass is 9.96. The van der Waals surface area contributed by atoms with Crippen LogP contribution in [0.25, 0.3) is 0 Å². The lowest BCUT2D eigenvalue weighted by Crippen LogP contribution is -2.25. The van der Waals surface area contributed by atoms with Gasteiger partial charge in [-0.1, -0.05) is 11.6 Å². The number of hydrogen-bond acceptors (Lipinski definition) is 4. The molecule has 2 aliphatic carbocycles. The molecule has 22 heavy (non-hydrogen) atoms. The maximum Gasteiger partial charge on any atom is 0.213 e. The second-order valence-electron chi connectivity index (χ2n) is 6.07. The van der Waals surface area contributed by atoms with Crippen molar-refractivity contribution in [1.29, 1.82) is 0 Å². The fourth-order valence-electron chi connectivity index (χ4n) is 3.07. The summed E-state index contributed by atoms with van der Waals surface area (Å²) in [7, 11) is 0. The highest BCUT2D eigenvalue weighted by Crippen LogP contribution is 2.39. The molecule has 3 nitrogen and oxygen atoms in total. The Balaban J connectivity index is 1.38. The van der Waals surface area contributed by atoms with Gasteiger partial charge in [0.25, 0.3) is 0 Å². The highest BCUT2D eigenvalue weighted by Gasteiger charge is 2.24. The maximum atomic E-state index is 6.12. The Labute approximate surface area is 139 Å². The van der Waals surface area contributed by atoms with Gasteiger partial charge in [0.05, 0.1) is 4.34 Å². The van der Waals surface area contributed by atoms with E-state index in [0.29, 0.717) is 12.1 Å². The van der Waals surface area contributed by atoms with Crippen LogP contribution in [0.3, 0.4) is 0 Å². The molecule has 0 bridgehead atoms. The Morgan fingerprint density at radius 3 is 3.05 bits per heavy atom. The lowest BCUT2D eigenvalue weighted by molar-refractivity contribution is 0.114. The third-order valence-corrected chi connectivity index (χ3v) is 5.88. The quantitative estimate of drug-likeness (QED) is 0.873. The molecule has 2 aromatic heterocycles. The molecule has 0 aromatic carbocycles. The van der Waals surface area contributed by atoms with Crippen LogP contribution in [0.15, 0.2) is 24.4 Å². The van der Waals surface area contributed by atoms with Crippen molar-refractivity contribution in [1.82, 2.24) is 10.3 Å². The van der Waals surface area contributed by atoms with E-state index in [9.17, 15) is 0 Å². The van der Waals surface area contributed by atoms with E-state index in [1.54, 1.807) is 11.3 Å². The molecule has 1 atom stereocenters. The van der Waals surface area contributed by atoms with Gasteiger partial charge >= 0.3 is 0 Å². The summed E-state index contributed by atoms with van der Waals surface area (Å²) >= 11 is 7.83. The molecule has 0 spiro atoms. The Morgan fingerprint density at radius 2 is 2.23 bits per heavy atom. The molecule has 2 aliphatic rings. The smallest absolute Gasteiger partial charge is 0.213 e. The molecule has 1 fully saturated rings. The molecule has 2 aromatic rings. The van der Waals surface area contributed by atoms with Crippen LogP contribution in [-0.4, -0.2) is 11.1 Å². The minimum absolute atomic E-state index is 0.376. The minimum Gasteiger partial charge on any atom is -0.474 e. The number of rotatable bonds is 5. The zero-order chi connectivity index (χ0) is 14.9. The number of ether oxygens (including phenoxy) is 1. The third kappa shape index (κ3) is 3.00. The number of nitrogens with zero attached hydrogens (tertiary/aromatic N) is 1. The number of fused-ring (bicyclic) bond motifs is 1. The first-order valence-corrected chi connectivity index (χ1v) is 9.10. The Hall–Kier alpha value is -1.10. The number of aryl methyl sites for hydroxylation is 1. The van der Waals surface area contributed by atoms with Crippen molar-refractivity contribution in [3.8, 4) is 5.88 Å². The fourth-order valence-corrected chi connectivity index (χ4v) is 4.42. The highest BCUT2D eigenvalue weighted by atomic mass is 35.5. The third-order valence-electron chi connectivity index (χ3n) is 4.54. The second kappa shape index (κ2) is 6.19. The van der Waals surface area contributed by atoms with Gasteiger partial charge in [-0.05, 0) is 55.4 Å². The van der Waals surface area contributed by atoms with Gasteiger partial charge in [-0.15, -0.1) is 11.3 Å². The molecule has 2 heterocycles. The lowest BCUT2D eigenvalue weighted by Gasteiger charge is -2.25. The van der Waals surface area contributed by atoms with Crippen LogP contribution in [0, 0.1) is 0 Å². The minimum atomic E-state index is 0.376. The van der Waals surface area contributed by atoms with Gasteiger partial charge in [0, 0.05) is 29.7 Å². The molecule has 0 unspecified atom stereocenters. The summed E-state index contributed by atoms with van der Waals surface area (Å²) in [5.41, 5.74) is 2.61. The van der Waals surface area contributed by atoms with Crippen LogP contribution in [-0.2, 0) is 13.0 Å². The van der Waals surface area contributed by atoms with Crippen molar-refractivity contribution in [3.63, 3.8) is 0 Å². The first kappa shape index (κ1) is 14.5. The van der Waals surface area contributed by atoms with Gasteiger partial charge in [0.2, 0.25) is 5.88 Å². The van der Waals surface area contributed by atoms with E-state index in [2.05, 4.69) is 28.5 Å². The average Bonchev–Trinajstić information content (AvgIpc) is 3.00. The normalized spacial score (nSPS) is 20.7. The molecular formula is C17H19ClN2OS. The van der Waals surface area contributed by atoms with E-state index >= 15 is 0 Å². The molecule has 1 N–H and O–H groups in total. The van der Waals surface area contributed by atoms with Crippen molar-refractivity contribution >= 4 is 22.9 Å². The summed E-state index contributed by atoms with van der Waals surface area (Å²) in [4.78, 5) is 5.75. The molecule has 5 heteroatoms. The molecule has 4 rings (SSSR count). The van der Waals surface area contributed by atoms with Crippen molar-refractivity contribution in [2.45, 2.75) is 50.8 Å². The summed E-state index contributed by atoms with van der Waals surface area (Å²) in [5.74, 6) is 0.759. The van der Waals surface area contributed by atoms with Crippen molar-refractivity contribution in [2.75, 3.05) is 0 Å². The predicted octanol–water partition coefficient (Wildman–Crippen LogP) is 4.50. The van der Waals surface area contributed by atoms with Crippen LogP contribution < -0.4 is 10.1 Å². The Bertz CT molecular complexity index is 668. The summed E-state index contributed by atoms with van der Waals surface area (Å²) in [5, 5.41) is 3.64.